The van der Waals surface area contributed by atoms with E-state index in [1.165, 1.54) is 0 Å². The number of hydrogen-bond donors (Lipinski definition) is 0. The van der Waals surface area contributed by atoms with Gasteiger partial charge in [0.25, 0.3) is 0 Å². The molecule has 0 saturated carbocycles. The molecule has 5 nitrogen and oxygen atoms in total. The molecule has 1 rings (SSSR count). The van der Waals surface area contributed by atoms with Crippen LogP contribution in [0.4, 0.5) is 0 Å². The molecule has 5 heteroatoms. The Labute approximate surface area is 88.7 Å². The summed E-state index contributed by atoms with van der Waals surface area (Å²) in [6, 6.07) is 0. The highest BCUT2D eigenvalue weighted by molar-refractivity contribution is 6.34. The summed E-state index contributed by atoms with van der Waals surface area (Å²) in [5.41, 5.74) is 0. The van der Waals surface area contributed by atoms with Gasteiger partial charge in [0.15, 0.2) is 6.29 Å². The highest BCUT2D eigenvalue weighted by atomic mass is 16.7. The lowest BCUT2D eigenvalue weighted by Crippen LogP contribution is -2.33. The van der Waals surface area contributed by atoms with E-state index in [-0.39, 0.29) is 6.61 Å². The van der Waals surface area contributed by atoms with E-state index in [0.717, 1.165) is 0 Å². The van der Waals surface area contributed by atoms with Crippen LogP contribution in [0, 0.1) is 5.92 Å². The van der Waals surface area contributed by atoms with Crippen molar-refractivity contribution >= 4 is 11.8 Å². The van der Waals surface area contributed by atoms with Crippen molar-refractivity contribution in [1.82, 2.24) is 0 Å². The number of esters is 1. The van der Waals surface area contributed by atoms with Crippen LogP contribution >= 0.6 is 0 Å². The fourth-order valence-electron chi connectivity index (χ4n) is 1.50. The van der Waals surface area contributed by atoms with Gasteiger partial charge in [0.2, 0.25) is 5.78 Å². The normalized spacial score (nSPS) is 25.2. The van der Waals surface area contributed by atoms with E-state index >= 15 is 0 Å². The Morgan fingerprint density at radius 2 is 2.07 bits per heavy atom. The van der Waals surface area contributed by atoms with Crippen LogP contribution in [0.25, 0.3) is 0 Å². The zero-order valence-electron chi connectivity index (χ0n) is 9.02. The first-order valence-corrected chi connectivity index (χ1v) is 5.14. The Hall–Kier alpha value is -0.940. The van der Waals surface area contributed by atoms with Crippen LogP contribution in [0.2, 0.25) is 0 Å². The molecule has 0 aromatic rings. The first-order chi connectivity index (χ1) is 7.20. The zero-order valence-corrected chi connectivity index (χ0v) is 9.02. The minimum atomic E-state index is -0.794. The molecule has 86 valence electrons. The Balaban J connectivity index is 2.54. The number of carbonyl (C=O) groups excluding carboxylic acids is 2. The molecule has 0 amide bonds. The summed E-state index contributed by atoms with van der Waals surface area (Å²) in [5, 5.41) is 0. The maximum atomic E-state index is 11.6. The van der Waals surface area contributed by atoms with Gasteiger partial charge in [-0.05, 0) is 20.3 Å². The van der Waals surface area contributed by atoms with Gasteiger partial charge in [0.05, 0.1) is 19.1 Å². The van der Waals surface area contributed by atoms with Gasteiger partial charge in [-0.3, -0.25) is 4.79 Å². The fraction of sp³-hybridized carbons (Fsp3) is 0.800. The van der Waals surface area contributed by atoms with Crippen molar-refractivity contribution in [2.45, 2.75) is 26.6 Å². The second kappa shape index (κ2) is 5.82. The Morgan fingerprint density at radius 3 is 2.67 bits per heavy atom. The SMILES string of the molecule is CCOC(=O)C(=O)[C@H]1CCO[C@@H]1OCC. The van der Waals surface area contributed by atoms with Crippen LogP contribution in [0.1, 0.15) is 20.3 Å². The third kappa shape index (κ3) is 3.00. The maximum absolute atomic E-state index is 11.6. The van der Waals surface area contributed by atoms with Crippen LogP contribution in [0.3, 0.4) is 0 Å². The molecular weight excluding hydrogens is 200 g/mol. The molecule has 0 aromatic carbocycles. The van der Waals surface area contributed by atoms with Gasteiger partial charge in [-0.1, -0.05) is 0 Å². The van der Waals surface area contributed by atoms with Gasteiger partial charge in [0, 0.05) is 6.61 Å². The molecule has 0 aliphatic carbocycles. The molecule has 0 radical (unpaired) electrons. The topological polar surface area (TPSA) is 61.8 Å². The predicted molar refractivity (Wildman–Crippen MR) is 51.1 cm³/mol. The summed E-state index contributed by atoms with van der Waals surface area (Å²) in [6.45, 7) is 4.58. The number of carbonyl (C=O) groups is 2. The van der Waals surface area contributed by atoms with Gasteiger partial charge < -0.3 is 14.2 Å². The monoisotopic (exact) mass is 216 g/mol. The van der Waals surface area contributed by atoms with Gasteiger partial charge in [-0.25, -0.2) is 4.79 Å². The summed E-state index contributed by atoms with van der Waals surface area (Å²) < 4.78 is 15.1. The lowest BCUT2D eigenvalue weighted by atomic mass is 10.0. The molecule has 2 atom stereocenters. The van der Waals surface area contributed by atoms with Gasteiger partial charge in [-0.15, -0.1) is 0 Å². The van der Waals surface area contributed by atoms with Gasteiger partial charge in [0.1, 0.15) is 0 Å². The third-order valence-electron chi connectivity index (χ3n) is 2.18. The fourth-order valence-corrected chi connectivity index (χ4v) is 1.50. The summed E-state index contributed by atoms with van der Waals surface area (Å²) in [4.78, 5) is 22.8. The molecule has 1 heterocycles. The quantitative estimate of drug-likeness (QED) is 0.495. The Bertz CT molecular complexity index is 238. The molecule has 0 bridgehead atoms. The van der Waals surface area contributed by atoms with Crippen LogP contribution in [0.5, 0.6) is 0 Å². The average Bonchev–Trinajstić information content (AvgIpc) is 2.66. The van der Waals surface area contributed by atoms with Crippen molar-refractivity contribution in [2.75, 3.05) is 19.8 Å². The second-order valence-corrected chi connectivity index (χ2v) is 3.17. The second-order valence-electron chi connectivity index (χ2n) is 3.17. The zero-order chi connectivity index (χ0) is 11.3. The Kier molecular flexibility index (Phi) is 4.71. The van der Waals surface area contributed by atoms with Crippen molar-refractivity contribution in [3.63, 3.8) is 0 Å². The smallest absolute Gasteiger partial charge is 0.375 e. The Morgan fingerprint density at radius 1 is 1.33 bits per heavy atom. The van der Waals surface area contributed by atoms with Crippen molar-refractivity contribution in [3.05, 3.63) is 0 Å². The summed E-state index contributed by atoms with van der Waals surface area (Å²) in [7, 11) is 0. The molecule has 1 fully saturated rings. The van der Waals surface area contributed by atoms with Crippen molar-refractivity contribution in [2.24, 2.45) is 5.92 Å². The average molecular weight is 216 g/mol. The van der Waals surface area contributed by atoms with E-state index in [1.807, 2.05) is 6.92 Å². The van der Waals surface area contributed by atoms with E-state index in [4.69, 9.17) is 9.47 Å². The number of ketones is 1. The molecule has 0 spiro atoms. The van der Waals surface area contributed by atoms with E-state index in [0.29, 0.717) is 19.6 Å². The van der Waals surface area contributed by atoms with Crippen LogP contribution in [-0.4, -0.2) is 37.9 Å². The van der Waals surface area contributed by atoms with Gasteiger partial charge >= 0.3 is 5.97 Å². The van der Waals surface area contributed by atoms with Crippen molar-refractivity contribution in [3.8, 4) is 0 Å². The van der Waals surface area contributed by atoms with E-state index in [2.05, 4.69) is 4.74 Å². The predicted octanol–water partition coefficient (Wildman–Crippen LogP) is 0.518. The molecule has 0 aromatic heterocycles. The first-order valence-electron chi connectivity index (χ1n) is 5.14. The summed E-state index contributed by atoms with van der Waals surface area (Å²) >= 11 is 0. The molecule has 15 heavy (non-hydrogen) atoms. The molecule has 1 saturated heterocycles. The van der Waals surface area contributed by atoms with Gasteiger partial charge in [-0.2, -0.15) is 0 Å². The van der Waals surface area contributed by atoms with Crippen LogP contribution < -0.4 is 0 Å². The molecule has 1 aliphatic rings. The molecule has 0 unspecified atom stereocenters. The van der Waals surface area contributed by atoms with E-state index < -0.39 is 24.0 Å². The highest BCUT2D eigenvalue weighted by Gasteiger charge is 2.38. The first kappa shape index (κ1) is 12.1. The van der Waals surface area contributed by atoms with Crippen molar-refractivity contribution < 1.29 is 23.8 Å². The molecular formula is C10H16O5. The third-order valence-corrected chi connectivity index (χ3v) is 2.18. The number of ether oxygens (including phenoxy) is 3. The number of hydrogen-bond acceptors (Lipinski definition) is 5. The number of Topliss-reactive ketones (excluding diaryl/α,β-unsaturated/α-hetero) is 1. The molecule has 1 aliphatic heterocycles. The van der Waals surface area contributed by atoms with Crippen LogP contribution in [0.15, 0.2) is 0 Å². The standard InChI is InChI=1S/C10H16O5/c1-3-13-9(12)8(11)7-5-6-15-10(7)14-4-2/h7,10H,3-6H2,1-2H3/t7-,10+/m1/s1. The van der Waals surface area contributed by atoms with E-state index in [9.17, 15) is 9.59 Å². The van der Waals surface area contributed by atoms with Crippen molar-refractivity contribution in [1.29, 1.82) is 0 Å². The van der Waals surface area contributed by atoms with Crippen LogP contribution in [-0.2, 0) is 23.8 Å². The number of rotatable bonds is 5. The lowest BCUT2D eigenvalue weighted by molar-refractivity contribution is -0.165. The largest absolute Gasteiger partial charge is 0.460 e. The highest BCUT2D eigenvalue weighted by Crippen LogP contribution is 2.23. The minimum absolute atomic E-state index is 0.206. The summed E-state index contributed by atoms with van der Waals surface area (Å²) in [6.07, 6.45) is -0.0746. The minimum Gasteiger partial charge on any atom is -0.460 e. The molecule has 0 N–H and O–H groups in total. The van der Waals surface area contributed by atoms with E-state index in [1.54, 1.807) is 6.92 Å². The lowest BCUT2D eigenvalue weighted by Gasteiger charge is -2.15. The summed E-state index contributed by atoms with van der Waals surface area (Å²) in [5.74, 6) is -1.85. The maximum Gasteiger partial charge on any atom is 0.375 e.